The van der Waals surface area contributed by atoms with Gasteiger partial charge in [0.2, 0.25) is 0 Å². The van der Waals surface area contributed by atoms with Crippen LogP contribution in [0.2, 0.25) is 0 Å². The Morgan fingerprint density at radius 2 is 1.77 bits per heavy atom. The molecule has 1 saturated carbocycles. The third-order valence-electron chi connectivity index (χ3n) is 6.47. The van der Waals surface area contributed by atoms with Crippen LogP contribution in [0.25, 0.3) is 5.57 Å². The van der Waals surface area contributed by atoms with Crippen molar-refractivity contribution in [3.05, 3.63) is 70.1 Å². The van der Waals surface area contributed by atoms with Gasteiger partial charge >= 0.3 is 0 Å². The smallest absolute Gasteiger partial charge is 0.283 e. The second-order valence-electron chi connectivity index (χ2n) is 9.36. The van der Waals surface area contributed by atoms with Crippen LogP contribution in [0.1, 0.15) is 42.4 Å². The number of allylic oxidation sites excluding steroid dienone is 1. The van der Waals surface area contributed by atoms with Gasteiger partial charge in [0.15, 0.2) is 0 Å². The lowest BCUT2D eigenvalue weighted by Crippen LogP contribution is -2.28. The fraction of sp³-hybridized carbons (Fsp3) is 0.385. The molecular weight excluding hydrogens is 482 g/mol. The zero-order chi connectivity index (χ0) is 25.4. The molecule has 4 rings (SSSR count). The van der Waals surface area contributed by atoms with Gasteiger partial charge in [0.1, 0.15) is 6.34 Å². The molecule has 1 unspecified atom stereocenters. The van der Waals surface area contributed by atoms with Gasteiger partial charge in [-0.15, -0.1) is 16.2 Å². The first-order valence-corrected chi connectivity index (χ1v) is 13.9. The normalized spacial score (nSPS) is 20.5. The van der Waals surface area contributed by atoms with E-state index in [1.807, 2.05) is 6.07 Å². The molecule has 2 aliphatic rings. The molecule has 0 saturated heterocycles. The van der Waals surface area contributed by atoms with Crippen LogP contribution >= 0.6 is 11.8 Å². The average molecular weight is 514 g/mol. The van der Waals surface area contributed by atoms with Gasteiger partial charge in [0.05, 0.1) is 16.9 Å². The maximum atomic E-state index is 13.3. The highest BCUT2D eigenvalue weighted by Gasteiger charge is 2.45. The number of hydrogen-bond acceptors (Lipinski definition) is 5. The number of carbonyl (C=O) groups excluding carboxylic acids is 1. The van der Waals surface area contributed by atoms with Gasteiger partial charge in [0.25, 0.3) is 15.9 Å². The lowest BCUT2D eigenvalue weighted by molar-refractivity contribution is -0.163. The molecule has 1 atom stereocenters. The summed E-state index contributed by atoms with van der Waals surface area (Å²) in [7, 11) is 2.66. The van der Waals surface area contributed by atoms with E-state index in [1.54, 1.807) is 50.3 Å². The van der Waals surface area contributed by atoms with Crippen molar-refractivity contribution in [3.63, 3.8) is 0 Å². The van der Waals surface area contributed by atoms with Crippen LogP contribution in [-0.4, -0.2) is 64.6 Å². The number of benzene rings is 2. The van der Waals surface area contributed by atoms with Crippen molar-refractivity contribution in [2.45, 2.75) is 36.0 Å². The molecule has 1 heterocycles. The molecule has 35 heavy (non-hydrogen) atoms. The molecule has 2 aromatic carbocycles. The number of thioether (sulfide) groups is 1. The Bertz CT molecular complexity index is 1280. The summed E-state index contributed by atoms with van der Waals surface area (Å²) < 4.78 is 29.0. The molecule has 2 aromatic rings. The van der Waals surface area contributed by atoms with Crippen molar-refractivity contribution in [2.24, 2.45) is 4.40 Å². The zero-order valence-corrected chi connectivity index (χ0v) is 22.3. The maximum absolute atomic E-state index is 13.3. The predicted octanol–water partition coefficient (Wildman–Crippen LogP) is 4.28. The lowest BCUT2D eigenvalue weighted by atomic mass is 9.72. The molecule has 1 fully saturated rings. The Morgan fingerprint density at radius 1 is 1.11 bits per heavy atom. The summed E-state index contributed by atoms with van der Waals surface area (Å²) in [6, 6.07) is 15.1. The molecule has 7 nitrogen and oxygen atoms in total. The Balaban J connectivity index is 1.84. The fourth-order valence-corrected chi connectivity index (χ4v) is 6.82. The largest absolute Gasteiger partial charge is 0.368 e. The van der Waals surface area contributed by atoms with E-state index in [9.17, 15) is 13.2 Å². The molecule has 1 aliphatic heterocycles. The highest BCUT2D eigenvalue weighted by atomic mass is 32.2. The van der Waals surface area contributed by atoms with Gasteiger partial charge in [-0.1, -0.05) is 43.3 Å². The van der Waals surface area contributed by atoms with Crippen LogP contribution < -0.4 is 0 Å². The molecule has 0 spiro atoms. The topological polar surface area (TPSA) is 79.3 Å². The highest BCUT2D eigenvalue weighted by Crippen LogP contribution is 2.55. The summed E-state index contributed by atoms with van der Waals surface area (Å²) >= 11 is 1.52. The van der Waals surface area contributed by atoms with E-state index in [0.29, 0.717) is 16.6 Å². The number of hydroxylamine groups is 2. The van der Waals surface area contributed by atoms with Crippen molar-refractivity contribution < 1.29 is 18.0 Å². The van der Waals surface area contributed by atoms with E-state index in [4.69, 9.17) is 4.84 Å². The minimum atomic E-state index is -3.82. The molecule has 9 heteroatoms. The molecule has 1 amide bonds. The van der Waals surface area contributed by atoms with Gasteiger partial charge in [-0.3, -0.25) is 9.63 Å². The second kappa shape index (κ2) is 9.79. The number of hydrogen-bond donors (Lipinski definition) is 0. The Hall–Kier alpha value is -2.62. The summed E-state index contributed by atoms with van der Waals surface area (Å²) in [5.41, 5.74) is 3.84. The number of carbonyl (C=O) groups is 1. The van der Waals surface area contributed by atoms with Crippen LogP contribution in [-0.2, 0) is 25.1 Å². The van der Waals surface area contributed by atoms with E-state index >= 15 is 0 Å². The minimum absolute atomic E-state index is 0.104. The number of amides is 1. The Kier molecular flexibility index (Phi) is 7.13. The molecule has 0 aromatic heterocycles. The first-order chi connectivity index (χ1) is 16.6. The molecule has 0 radical (unpaired) electrons. The van der Waals surface area contributed by atoms with Crippen LogP contribution in [0.5, 0.6) is 0 Å². The summed E-state index contributed by atoms with van der Waals surface area (Å²) in [6.45, 7) is 2.18. The van der Waals surface area contributed by atoms with Crippen LogP contribution in [0.15, 0.2) is 62.7 Å². The van der Waals surface area contributed by atoms with Crippen molar-refractivity contribution >= 4 is 39.6 Å². The summed E-state index contributed by atoms with van der Waals surface area (Å²) in [5, 5.41) is 1.23. The van der Waals surface area contributed by atoms with Crippen molar-refractivity contribution in [3.8, 4) is 0 Å². The SMILES string of the molecule is CON(C)C(=O)C1=C(c2ccc(S(=O)(=O)N=CN(C)C)cc2)C(C)(c2ccccc2C2CC2)CS1. The minimum Gasteiger partial charge on any atom is -0.368 e. The van der Waals surface area contributed by atoms with E-state index in [-0.39, 0.29) is 10.8 Å². The zero-order valence-electron chi connectivity index (χ0n) is 20.7. The van der Waals surface area contributed by atoms with Crippen molar-refractivity contribution in [1.29, 1.82) is 0 Å². The molecule has 0 N–H and O–H groups in total. The Morgan fingerprint density at radius 3 is 2.37 bits per heavy atom. The molecule has 0 bridgehead atoms. The fourth-order valence-electron chi connectivity index (χ4n) is 4.43. The average Bonchev–Trinajstić information content (AvgIpc) is 3.64. The van der Waals surface area contributed by atoms with E-state index in [0.717, 1.165) is 11.1 Å². The summed E-state index contributed by atoms with van der Waals surface area (Å²) in [4.78, 5) is 20.8. The summed E-state index contributed by atoms with van der Waals surface area (Å²) in [6.07, 6.45) is 3.62. The van der Waals surface area contributed by atoms with Gasteiger partial charge in [-0.25, -0.2) is 5.06 Å². The van der Waals surface area contributed by atoms with Gasteiger partial charge in [0, 0.05) is 32.3 Å². The van der Waals surface area contributed by atoms with Crippen molar-refractivity contribution in [1.82, 2.24) is 9.96 Å². The quantitative estimate of drug-likeness (QED) is 0.298. The first kappa shape index (κ1) is 25.5. The molecule has 186 valence electrons. The standard InChI is InChI=1S/C26H31N3O4S2/c1-26(22-9-7-6-8-21(22)18-10-11-18)16-34-24(25(30)29(4)33-5)23(26)19-12-14-20(15-13-19)35(31,32)27-17-28(2)3/h6-9,12-15,17-18H,10-11,16H2,1-5H3. The second-order valence-corrected chi connectivity index (χ2v) is 12.0. The van der Waals surface area contributed by atoms with Gasteiger partial charge in [-0.2, -0.15) is 8.42 Å². The lowest BCUT2D eigenvalue weighted by Gasteiger charge is -2.31. The number of rotatable bonds is 8. The highest BCUT2D eigenvalue weighted by molar-refractivity contribution is 8.04. The van der Waals surface area contributed by atoms with Crippen molar-refractivity contribution in [2.75, 3.05) is 34.0 Å². The van der Waals surface area contributed by atoms with E-state index < -0.39 is 15.4 Å². The molecular formula is C26H31N3O4S2. The Labute approximate surface area is 211 Å². The third kappa shape index (κ3) is 5.03. The van der Waals surface area contributed by atoms with E-state index in [2.05, 4.69) is 29.5 Å². The summed E-state index contributed by atoms with van der Waals surface area (Å²) in [5.74, 6) is 1.04. The van der Waals surface area contributed by atoms with Crippen LogP contribution in [0, 0.1) is 0 Å². The third-order valence-corrected chi connectivity index (χ3v) is 9.10. The van der Waals surface area contributed by atoms with Crippen LogP contribution in [0.4, 0.5) is 0 Å². The first-order valence-electron chi connectivity index (χ1n) is 11.4. The van der Waals surface area contributed by atoms with Gasteiger partial charge < -0.3 is 4.90 Å². The molecule has 1 aliphatic carbocycles. The number of nitrogens with zero attached hydrogens (tertiary/aromatic N) is 3. The van der Waals surface area contributed by atoms with E-state index in [1.165, 1.54) is 54.2 Å². The van der Waals surface area contributed by atoms with Gasteiger partial charge in [-0.05, 0) is 53.2 Å². The monoisotopic (exact) mass is 513 g/mol. The maximum Gasteiger partial charge on any atom is 0.283 e. The predicted molar refractivity (Wildman–Crippen MR) is 141 cm³/mol. The van der Waals surface area contributed by atoms with Crippen LogP contribution in [0.3, 0.4) is 0 Å². The number of sulfonamides is 1. The number of likely N-dealkylation sites (N-methyl/N-ethyl adjacent to an activating group) is 1.